The van der Waals surface area contributed by atoms with Gasteiger partial charge in [0.2, 0.25) is 5.91 Å². The van der Waals surface area contributed by atoms with Crippen LogP contribution in [0.2, 0.25) is 0 Å². The first kappa shape index (κ1) is 13.1. The molecule has 18 heavy (non-hydrogen) atoms. The summed E-state index contributed by atoms with van der Waals surface area (Å²) in [6.45, 7) is 4.01. The predicted octanol–water partition coefficient (Wildman–Crippen LogP) is 0.785. The maximum absolute atomic E-state index is 11.3. The lowest BCUT2D eigenvalue weighted by molar-refractivity contribution is -0.123. The third-order valence-electron chi connectivity index (χ3n) is 3.61. The van der Waals surface area contributed by atoms with Gasteiger partial charge in [-0.1, -0.05) is 0 Å². The van der Waals surface area contributed by atoms with Crippen LogP contribution in [0.5, 0.6) is 0 Å². The largest absolute Gasteiger partial charge is 0.465 e. The molecular weight excluding hydrogens is 230 g/mol. The molecule has 5 heteroatoms. The number of amides is 1. The van der Waals surface area contributed by atoms with Crippen LogP contribution in [0.25, 0.3) is 0 Å². The molecule has 1 aromatic rings. The van der Waals surface area contributed by atoms with E-state index in [2.05, 4.69) is 4.90 Å². The van der Waals surface area contributed by atoms with Gasteiger partial charge in [0.15, 0.2) is 0 Å². The number of furan rings is 1. The first-order valence-electron chi connectivity index (χ1n) is 6.41. The molecule has 0 spiro atoms. The highest BCUT2D eigenvalue weighted by molar-refractivity contribution is 5.76. The van der Waals surface area contributed by atoms with Crippen molar-refractivity contribution in [1.82, 2.24) is 4.90 Å². The standard InChI is InChI=1S/C13H21N3O2/c1-9-4-5-12(18-9)11(7-14)16-6-2-3-10(8-16)13(15)17/h4-5,10-11H,2-3,6-8,14H2,1H3,(H2,15,17). The van der Waals surface area contributed by atoms with Crippen LogP contribution in [0.4, 0.5) is 0 Å². The lowest BCUT2D eigenvalue weighted by Gasteiger charge is -2.35. The maximum Gasteiger partial charge on any atom is 0.221 e. The van der Waals surface area contributed by atoms with Gasteiger partial charge in [-0.2, -0.15) is 0 Å². The second-order valence-corrected chi connectivity index (χ2v) is 4.94. The third kappa shape index (κ3) is 2.73. The zero-order valence-corrected chi connectivity index (χ0v) is 10.8. The number of hydrogen-bond acceptors (Lipinski definition) is 4. The van der Waals surface area contributed by atoms with E-state index in [1.54, 1.807) is 0 Å². The Balaban J connectivity index is 2.10. The quantitative estimate of drug-likeness (QED) is 0.828. The Morgan fingerprint density at radius 2 is 2.39 bits per heavy atom. The van der Waals surface area contributed by atoms with Crippen molar-refractivity contribution in [3.63, 3.8) is 0 Å². The first-order chi connectivity index (χ1) is 8.61. The molecule has 0 aromatic carbocycles. The summed E-state index contributed by atoms with van der Waals surface area (Å²) in [5.74, 6) is 1.47. The SMILES string of the molecule is Cc1ccc(C(CN)N2CCCC(C(N)=O)C2)o1. The van der Waals surface area contributed by atoms with Crippen molar-refractivity contribution in [3.05, 3.63) is 23.7 Å². The van der Waals surface area contributed by atoms with Gasteiger partial charge in [0, 0.05) is 13.1 Å². The lowest BCUT2D eigenvalue weighted by atomic mass is 9.95. The zero-order valence-electron chi connectivity index (χ0n) is 10.8. The van der Waals surface area contributed by atoms with Crippen LogP contribution in [0.1, 0.15) is 30.4 Å². The average Bonchev–Trinajstić information content (AvgIpc) is 2.77. The summed E-state index contributed by atoms with van der Waals surface area (Å²) in [7, 11) is 0. The molecule has 2 unspecified atom stereocenters. The van der Waals surface area contributed by atoms with Crippen LogP contribution in [-0.4, -0.2) is 30.4 Å². The summed E-state index contributed by atoms with van der Waals surface area (Å²) in [5.41, 5.74) is 11.2. The minimum absolute atomic E-state index is 0.0425. The normalized spacial score (nSPS) is 22.9. The molecule has 2 heterocycles. The van der Waals surface area contributed by atoms with Crippen molar-refractivity contribution in [2.45, 2.75) is 25.8 Å². The molecule has 1 aromatic heterocycles. The van der Waals surface area contributed by atoms with Gasteiger partial charge in [0.05, 0.1) is 12.0 Å². The van der Waals surface area contributed by atoms with Gasteiger partial charge in [-0.25, -0.2) is 0 Å². The van der Waals surface area contributed by atoms with Gasteiger partial charge in [0.1, 0.15) is 11.5 Å². The van der Waals surface area contributed by atoms with Crippen molar-refractivity contribution < 1.29 is 9.21 Å². The number of nitrogens with zero attached hydrogens (tertiary/aromatic N) is 1. The molecule has 0 aliphatic carbocycles. The van der Waals surface area contributed by atoms with E-state index < -0.39 is 0 Å². The number of carbonyl (C=O) groups excluding carboxylic acids is 1. The van der Waals surface area contributed by atoms with Crippen LogP contribution in [0, 0.1) is 12.8 Å². The Kier molecular flexibility index (Phi) is 4.04. The summed E-state index contributed by atoms with van der Waals surface area (Å²) in [6.07, 6.45) is 1.85. The number of piperidine rings is 1. The van der Waals surface area contributed by atoms with E-state index in [1.165, 1.54) is 0 Å². The summed E-state index contributed by atoms with van der Waals surface area (Å²) in [5, 5.41) is 0. The van der Waals surface area contributed by atoms with Gasteiger partial charge in [0.25, 0.3) is 0 Å². The number of hydrogen-bond donors (Lipinski definition) is 2. The minimum atomic E-state index is -0.217. The van der Waals surface area contributed by atoms with Gasteiger partial charge in [-0.15, -0.1) is 0 Å². The molecule has 5 nitrogen and oxygen atoms in total. The summed E-state index contributed by atoms with van der Waals surface area (Å²) < 4.78 is 5.65. The van der Waals surface area contributed by atoms with Crippen molar-refractivity contribution >= 4 is 5.91 Å². The Morgan fingerprint density at radius 3 is 2.94 bits per heavy atom. The molecule has 1 aliphatic heterocycles. The molecule has 1 saturated heterocycles. The average molecular weight is 251 g/mol. The number of nitrogens with two attached hydrogens (primary N) is 2. The number of rotatable bonds is 4. The molecule has 100 valence electrons. The molecule has 1 aliphatic rings. The molecular formula is C13H21N3O2. The highest BCUT2D eigenvalue weighted by atomic mass is 16.3. The lowest BCUT2D eigenvalue weighted by Crippen LogP contribution is -2.44. The topological polar surface area (TPSA) is 85.5 Å². The molecule has 4 N–H and O–H groups in total. The highest BCUT2D eigenvalue weighted by Gasteiger charge is 2.30. The molecule has 1 fully saturated rings. The summed E-state index contributed by atoms with van der Waals surface area (Å²) in [6, 6.07) is 3.94. The fourth-order valence-corrected chi connectivity index (χ4v) is 2.60. The first-order valence-corrected chi connectivity index (χ1v) is 6.41. The number of likely N-dealkylation sites (tertiary alicyclic amines) is 1. The van der Waals surface area contributed by atoms with Crippen LogP contribution < -0.4 is 11.5 Å². The molecule has 2 atom stereocenters. The second-order valence-electron chi connectivity index (χ2n) is 4.94. The zero-order chi connectivity index (χ0) is 13.1. The van der Waals surface area contributed by atoms with E-state index in [4.69, 9.17) is 15.9 Å². The van der Waals surface area contributed by atoms with Crippen LogP contribution >= 0.6 is 0 Å². The van der Waals surface area contributed by atoms with Crippen LogP contribution in [0.3, 0.4) is 0 Å². The Labute approximate surface area is 107 Å². The van der Waals surface area contributed by atoms with Crippen molar-refractivity contribution in [1.29, 1.82) is 0 Å². The van der Waals surface area contributed by atoms with Crippen molar-refractivity contribution in [2.24, 2.45) is 17.4 Å². The van der Waals surface area contributed by atoms with Crippen LogP contribution in [0.15, 0.2) is 16.5 Å². The van der Waals surface area contributed by atoms with E-state index in [0.29, 0.717) is 13.1 Å². The molecule has 2 rings (SSSR count). The Hall–Kier alpha value is -1.33. The van der Waals surface area contributed by atoms with E-state index >= 15 is 0 Å². The minimum Gasteiger partial charge on any atom is -0.465 e. The van der Waals surface area contributed by atoms with E-state index in [-0.39, 0.29) is 17.9 Å². The molecule has 0 radical (unpaired) electrons. The summed E-state index contributed by atoms with van der Waals surface area (Å²) in [4.78, 5) is 13.5. The number of aryl methyl sites for hydroxylation is 1. The monoisotopic (exact) mass is 251 g/mol. The van der Waals surface area contributed by atoms with E-state index in [1.807, 2.05) is 19.1 Å². The summed E-state index contributed by atoms with van der Waals surface area (Å²) >= 11 is 0. The highest BCUT2D eigenvalue weighted by Crippen LogP contribution is 2.27. The number of carbonyl (C=O) groups is 1. The number of primary amides is 1. The van der Waals surface area contributed by atoms with Gasteiger partial charge in [-0.05, 0) is 38.4 Å². The Morgan fingerprint density at radius 1 is 1.61 bits per heavy atom. The van der Waals surface area contributed by atoms with E-state index in [9.17, 15) is 4.79 Å². The fourth-order valence-electron chi connectivity index (χ4n) is 2.60. The Bertz CT molecular complexity index is 416. The van der Waals surface area contributed by atoms with Gasteiger partial charge >= 0.3 is 0 Å². The molecule has 0 bridgehead atoms. The van der Waals surface area contributed by atoms with Crippen LogP contribution in [-0.2, 0) is 4.79 Å². The molecule has 0 saturated carbocycles. The maximum atomic E-state index is 11.3. The smallest absolute Gasteiger partial charge is 0.221 e. The molecule has 1 amide bonds. The van der Waals surface area contributed by atoms with Crippen molar-refractivity contribution in [2.75, 3.05) is 19.6 Å². The third-order valence-corrected chi connectivity index (χ3v) is 3.61. The predicted molar refractivity (Wildman–Crippen MR) is 68.7 cm³/mol. The van der Waals surface area contributed by atoms with Gasteiger partial charge in [-0.3, -0.25) is 9.69 Å². The fraction of sp³-hybridized carbons (Fsp3) is 0.615. The van der Waals surface area contributed by atoms with E-state index in [0.717, 1.165) is 30.9 Å². The second kappa shape index (κ2) is 5.54. The van der Waals surface area contributed by atoms with Gasteiger partial charge < -0.3 is 15.9 Å². The van der Waals surface area contributed by atoms with Crippen molar-refractivity contribution in [3.8, 4) is 0 Å².